The van der Waals surface area contributed by atoms with Crippen molar-refractivity contribution < 1.29 is 4.74 Å². The number of hydrogen-bond donors (Lipinski definition) is 1. The summed E-state index contributed by atoms with van der Waals surface area (Å²) in [5, 5.41) is 3.57. The standard InChI is InChI=1S/C17H22N2O/c1-3-10-18-17(16-9-4-5-11-19-16)13-14-7-6-8-15(12-14)20-2/h4-9,11-12,17-18H,3,10,13H2,1-2H3. The van der Waals surface area contributed by atoms with Crippen LogP contribution >= 0.6 is 0 Å². The Morgan fingerprint density at radius 1 is 1.20 bits per heavy atom. The van der Waals surface area contributed by atoms with E-state index in [0.717, 1.165) is 30.8 Å². The summed E-state index contributed by atoms with van der Waals surface area (Å²) in [6, 6.07) is 14.5. The molecule has 1 aromatic carbocycles. The molecule has 1 heterocycles. The predicted octanol–water partition coefficient (Wildman–Crippen LogP) is 3.37. The second-order valence-corrected chi connectivity index (χ2v) is 4.82. The minimum atomic E-state index is 0.239. The van der Waals surface area contributed by atoms with Gasteiger partial charge < -0.3 is 10.1 Å². The van der Waals surface area contributed by atoms with E-state index >= 15 is 0 Å². The van der Waals surface area contributed by atoms with Gasteiger partial charge in [0.1, 0.15) is 5.75 Å². The molecule has 1 aromatic heterocycles. The van der Waals surface area contributed by atoms with E-state index in [9.17, 15) is 0 Å². The third-order valence-corrected chi connectivity index (χ3v) is 3.26. The molecular weight excluding hydrogens is 248 g/mol. The van der Waals surface area contributed by atoms with Crippen molar-refractivity contribution in [3.05, 3.63) is 59.9 Å². The molecule has 0 saturated heterocycles. The topological polar surface area (TPSA) is 34.1 Å². The molecule has 0 fully saturated rings. The van der Waals surface area contributed by atoms with Crippen LogP contribution in [0, 0.1) is 0 Å². The molecule has 0 amide bonds. The maximum absolute atomic E-state index is 5.29. The summed E-state index contributed by atoms with van der Waals surface area (Å²) in [7, 11) is 1.70. The molecule has 0 radical (unpaired) electrons. The third kappa shape index (κ3) is 4.07. The minimum absolute atomic E-state index is 0.239. The third-order valence-electron chi connectivity index (χ3n) is 3.26. The molecule has 2 aromatic rings. The monoisotopic (exact) mass is 270 g/mol. The van der Waals surface area contributed by atoms with Crippen molar-refractivity contribution in [2.24, 2.45) is 0 Å². The first-order valence-electron chi connectivity index (χ1n) is 7.10. The van der Waals surface area contributed by atoms with Gasteiger partial charge in [-0.3, -0.25) is 4.98 Å². The first-order valence-corrected chi connectivity index (χ1v) is 7.10. The van der Waals surface area contributed by atoms with E-state index in [1.54, 1.807) is 7.11 Å². The first-order chi connectivity index (χ1) is 9.83. The van der Waals surface area contributed by atoms with Crippen LogP contribution in [0.25, 0.3) is 0 Å². The van der Waals surface area contributed by atoms with Crippen molar-refractivity contribution in [3.63, 3.8) is 0 Å². The number of pyridine rings is 1. The van der Waals surface area contributed by atoms with E-state index in [1.807, 2.05) is 30.5 Å². The fraction of sp³-hybridized carbons (Fsp3) is 0.353. The van der Waals surface area contributed by atoms with Crippen molar-refractivity contribution in [1.82, 2.24) is 10.3 Å². The lowest BCUT2D eigenvalue weighted by molar-refractivity contribution is 0.413. The Morgan fingerprint density at radius 2 is 2.10 bits per heavy atom. The summed E-state index contributed by atoms with van der Waals surface area (Å²) in [6.45, 7) is 3.17. The average molecular weight is 270 g/mol. The summed E-state index contributed by atoms with van der Waals surface area (Å²) in [5.41, 5.74) is 2.34. The largest absolute Gasteiger partial charge is 0.497 e. The van der Waals surface area contributed by atoms with E-state index in [1.165, 1.54) is 5.56 Å². The van der Waals surface area contributed by atoms with E-state index in [0.29, 0.717) is 0 Å². The normalized spacial score (nSPS) is 12.1. The van der Waals surface area contributed by atoms with Gasteiger partial charge in [0.05, 0.1) is 18.8 Å². The van der Waals surface area contributed by atoms with E-state index < -0.39 is 0 Å². The summed E-state index contributed by atoms with van der Waals surface area (Å²) in [4.78, 5) is 4.48. The smallest absolute Gasteiger partial charge is 0.119 e. The lowest BCUT2D eigenvalue weighted by Gasteiger charge is -2.18. The number of benzene rings is 1. The molecule has 1 atom stereocenters. The lowest BCUT2D eigenvalue weighted by atomic mass is 10.0. The molecule has 2 rings (SSSR count). The van der Waals surface area contributed by atoms with Gasteiger partial charge in [-0.15, -0.1) is 0 Å². The maximum Gasteiger partial charge on any atom is 0.119 e. The van der Waals surface area contributed by atoms with Crippen molar-refractivity contribution in [2.75, 3.05) is 13.7 Å². The number of nitrogens with one attached hydrogen (secondary N) is 1. The molecule has 20 heavy (non-hydrogen) atoms. The van der Waals surface area contributed by atoms with Crippen molar-refractivity contribution in [2.45, 2.75) is 25.8 Å². The number of methoxy groups -OCH3 is 1. The molecule has 0 aliphatic heterocycles. The van der Waals surface area contributed by atoms with Gasteiger partial charge in [-0.05, 0) is 49.2 Å². The molecule has 0 aliphatic carbocycles. The number of hydrogen-bond acceptors (Lipinski definition) is 3. The minimum Gasteiger partial charge on any atom is -0.497 e. The van der Waals surface area contributed by atoms with Gasteiger partial charge in [0.2, 0.25) is 0 Å². The Balaban J connectivity index is 2.14. The van der Waals surface area contributed by atoms with Crippen molar-refractivity contribution >= 4 is 0 Å². The van der Waals surface area contributed by atoms with E-state index in [-0.39, 0.29) is 6.04 Å². The molecule has 0 aliphatic rings. The summed E-state index contributed by atoms with van der Waals surface area (Å²) < 4.78 is 5.29. The van der Waals surface area contributed by atoms with Gasteiger partial charge in [-0.2, -0.15) is 0 Å². The molecule has 0 spiro atoms. The van der Waals surface area contributed by atoms with Crippen LogP contribution in [-0.4, -0.2) is 18.6 Å². The number of rotatable bonds is 7. The maximum atomic E-state index is 5.29. The molecule has 1 unspecified atom stereocenters. The summed E-state index contributed by atoms with van der Waals surface area (Å²) >= 11 is 0. The van der Waals surface area contributed by atoms with Gasteiger partial charge in [0.25, 0.3) is 0 Å². The zero-order valence-corrected chi connectivity index (χ0v) is 12.2. The first kappa shape index (κ1) is 14.5. The Kier molecular flexibility index (Phi) is 5.56. The fourth-order valence-corrected chi connectivity index (χ4v) is 2.22. The highest BCUT2D eigenvalue weighted by Crippen LogP contribution is 2.20. The highest BCUT2D eigenvalue weighted by molar-refractivity contribution is 5.29. The van der Waals surface area contributed by atoms with Crippen molar-refractivity contribution in [1.29, 1.82) is 0 Å². The average Bonchev–Trinajstić information content (AvgIpc) is 2.52. The fourth-order valence-electron chi connectivity index (χ4n) is 2.22. The van der Waals surface area contributed by atoms with Crippen LogP contribution in [0.2, 0.25) is 0 Å². The molecule has 3 nitrogen and oxygen atoms in total. The molecule has 0 bridgehead atoms. The lowest BCUT2D eigenvalue weighted by Crippen LogP contribution is -2.24. The zero-order valence-electron chi connectivity index (χ0n) is 12.2. The van der Waals surface area contributed by atoms with Gasteiger partial charge >= 0.3 is 0 Å². The van der Waals surface area contributed by atoms with Crippen LogP contribution < -0.4 is 10.1 Å². The Morgan fingerprint density at radius 3 is 2.80 bits per heavy atom. The van der Waals surface area contributed by atoms with Crippen LogP contribution in [0.15, 0.2) is 48.7 Å². The molecule has 106 valence electrons. The van der Waals surface area contributed by atoms with Gasteiger partial charge in [-0.25, -0.2) is 0 Å². The molecular formula is C17H22N2O. The van der Waals surface area contributed by atoms with E-state index in [2.05, 4.69) is 35.4 Å². The molecule has 1 N–H and O–H groups in total. The highest BCUT2D eigenvalue weighted by atomic mass is 16.5. The second kappa shape index (κ2) is 7.65. The van der Waals surface area contributed by atoms with Crippen LogP contribution in [0.4, 0.5) is 0 Å². The predicted molar refractivity (Wildman–Crippen MR) is 82.0 cm³/mol. The number of nitrogens with zero attached hydrogens (tertiary/aromatic N) is 1. The highest BCUT2D eigenvalue weighted by Gasteiger charge is 2.12. The van der Waals surface area contributed by atoms with Gasteiger partial charge in [0, 0.05) is 6.20 Å². The second-order valence-electron chi connectivity index (χ2n) is 4.82. The Bertz CT molecular complexity index is 513. The zero-order chi connectivity index (χ0) is 14.2. The SMILES string of the molecule is CCCNC(Cc1cccc(OC)c1)c1ccccn1. The van der Waals surface area contributed by atoms with Gasteiger partial charge in [0.15, 0.2) is 0 Å². The van der Waals surface area contributed by atoms with Crippen molar-refractivity contribution in [3.8, 4) is 5.75 Å². The Labute approximate surface area is 121 Å². The van der Waals surface area contributed by atoms with Crippen LogP contribution in [0.5, 0.6) is 5.75 Å². The Hall–Kier alpha value is -1.87. The summed E-state index contributed by atoms with van der Waals surface area (Å²) in [6.07, 6.45) is 3.87. The van der Waals surface area contributed by atoms with Crippen LogP contribution in [0.3, 0.4) is 0 Å². The van der Waals surface area contributed by atoms with Gasteiger partial charge in [-0.1, -0.05) is 25.1 Å². The number of aromatic nitrogens is 1. The molecule has 3 heteroatoms. The number of ether oxygens (including phenoxy) is 1. The quantitative estimate of drug-likeness (QED) is 0.837. The molecule has 0 saturated carbocycles. The summed E-state index contributed by atoms with van der Waals surface area (Å²) in [5.74, 6) is 0.901. The van der Waals surface area contributed by atoms with E-state index in [4.69, 9.17) is 4.74 Å². The van der Waals surface area contributed by atoms with Crippen LogP contribution in [0.1, 0.15) is 30.6 Å². The van der Waals surface area contributed by atoms with Crippen LogP contribution in [-0.2, 0) is 6.42 Å².